The lowest BCUT2D eigenvalue weighted by Crippen LogP contribution is -2.20. The summed E-state index contributed by atoms with van der Waals surface area (Å²) in [5, 5.41) is 0. The van der Waals surface area contributed by atoms with Crippen molar-refractivity contribution in [2.45, 2.75) is 25.3 Å². The summed E-state index contributed by atoms with van der Waals surface area (Å²) in [7, 11) is 1.24. The van der Waals surface area contributed by atoms with Crippen molar-refractivity contribution in [2.24, 2.45) is 9.98 Å². The Morgan fingerprint density at radius 3 is 2.81 bits per heavy atom. The van der Waals surface area contributed by atoms with Crippen molar-refractivity contribution in [1.29, 1.82) is 0 Å². The Labute approximate surface area is 93.4 Å². The Bertz CT molecular complexity index is 295. The highest BCUT2D eigenvalue weighted by atomic mass is 16.5. The standard InChI is InChI=1S/C10H14N2O4/c1-16-10(15)9(12-8-14)4-2-3-5-11-6-7-13/h6-7,9H,2-5H2,1H3/t9-/m0/s1. The number of carbonyl (C=O) groups is 2. The average Bonchev–Trinajstić information content (AvgIpc) is 2.31. The van der Waals surface area contributed by atoms with E-state index in [1.165, 1.54) is 19.4 Å². The summed E-state index contributed by atoms with van der Waals surface area (Å²) in [5.74, 6) is -0.542. The highest BCUT2D eigenvalue weighted by Crippen LogP contribution is 2.06. The Kier molecular flexibility index (Phi) is 8.63. The number of esters is 1. The molecule has 88 valence electrons. The number of aliphatic imine (C=N–C) groups is 2. The molecule has 0 amide bonds. The van der Waals surface area contributed by atoms with E-state index in [4.69, 9.17) is 0 Å². The zero-order chi connectivity index (χ0) is 12.2. The van der Waals surface area contributed by atoms with Crippen LogP contribution < -0.4 is 0 Å². The molecule has 0 N–H and O–H groups in total. The number of unbranched alkanes of at least 4 members (excludes halogenated alkanes) is 1. The molecule has 6 nitrogen and oxygen atoms in total. The van der Waals surface area contributed by atoms with Crippen LogP contribution in [0.1, 0.15) is 19.3 Å². The number of nitrogens with zero attached hydrogens (tertiary/aromatic N) is 2. The number of isocyanates is 1. The third kappa shape index (κ3) is 6.62. The molecule has 0 bridgehead atoms. The molecular formula is C10H14N2O4. The van der Waals surface area contributed by atoms with Crippen LogP contribution in [0.4, 0.5) is 0 Å². The van der Waals surface area contributed by atoms with Crippen LogP contribution in [0, 0.1) is 0 Å². The zero-order valence-corrected chi connectivity index (χ0v) is 9.09. The van der Waals surface area contributed by atoms with Gasteiger partial charge in [0.25, 0.3) is 0 Å². The van der Waals surface area contributed by atoms with Crippen molar-refractivity contribution in [3.05, 3.63) is 0 Å². The van der Waals surface area contributed by atoms with Gasteiger partial charge in [-0.05, 0) is 19.3 Å². The van der Waals surface area contributed by atoms with Gasteiger partial charge in [-0.15, -0.1) is 0 Å². The second-order valence-corrected chi connectivity index (χ2v) is 2.95. The maximum absolute atomic E-state index is 11.1. The van der Waals surface area contributed by atoms with Crippen LogP contribution in [-0.2, 0) is 19.1 Å². The summed E-state index contributed by atoms with van der Waals surface area (Å²) in [6.45, 7) is 0.511. The minimum atomic E-state index is -0.780. The van der Waals surface area contributed by atoms with Gasteiger partial charge < -0.3 is 4.74 Å². The van der Waals surface area contributed by atoms with Gasteiger partial charge in [-0.25, -0.2) is 9.59 Å². The molecule has 0 aromatic carbocycles. The lowest BCUT2D eigenvalue weighted by Gasteiger charge is -2.06. The molecule has 0 radical (unpaired) electrons. The predicted molar refractivity (Wildman–Crippen MR) is 57.2 cm³/mol. The van der Waals surface area contributed by atoms with E-state index in [1.807, 2.05) is 0 Å². The molecule has 0 aliphatic heterocycles. The maximum Gasteiger partial charge on any atom is 0.331 e. The van der Waals surface area contributed by atoms with Crippen LogP contribution in [0.3, 0.4) is 0 Å². The minimum Gasteiger partial charge on any atom is -0.467 e. The molecule has 0 unspecified atom stereocenters. The highest BCUT2D eigenvalue weighted by molar-refractivity contribution is 6.12. The van der Waals surface area contributed by atoms with Crippen LogP contribution in [-0.4, -0.2) is 44.2 Å². The van der Waals surface area contributed by atoms with Crippen molar-refractivity contribution in [3.8, 4) is 0 Å². The van der Waals surface area contributed by atoms with Crippen molar-refractivity contribution < 1.29 is 19.1 Å². The average molecular weight is 226 g/mol. The van der Waals surface area contributed by atoms with Crippen LogP contribution >= 0.6 is 0 Å². The third-order valence-electron chi connectivity index (χ3n) is 1.86. The minimum absolute atomic E-state index is 0.415. The molecular weight excluding hydrogens is 212 g/mol. The lowest BCUT2D eigenvalue weighted by atomic mass is 10.1. The Morgan fingerprint density at radius 1 is 1.50 bits per heavy atom. The largest absolute Gasteiger partial charge is 0.467 e. The molecule has 0 rings (SSSR count). The molecule has 16 heavy (non-hydrogen) atoms. The molecule has 0 aliphatic rings. The molecule has 0 heterocycles. The first-order chi connectivity index (χ1) is 7.76. The van der Waals surface area contributed by atoms with Gasteiger partial charge in [0.05, 0.1) is 13.3 Å². The van der Waals surface area contributed by atoms with Crippen molar-refractivity contribution in [3.63, 3.8) is 0 Å². The van der Waals surface area contributed by atoms with E-state index in [2.05, 4.69) is 14.7 Å². The van der Waals surface area contributed by atoms with Crippen LogP contribution in [0.5, 0.6) is 0 Å². The Hall–Kier alpha value is -1.81. The van der Waals surface area contributed by atoms with Crippen molar-refractivity contribution >= 4 is 24.6 Å². The van der Waals surface area contributed by atoms with Gasteiger partial charge in [0.2, 0.25) is 6.08 Å². The topological polar surface area (TPSA) is 85.2 Å². The van der Waals surface area contributed by atoms with E-state index in [0.717, 1.165) is 0 Å². The highest BCUT2D eigenvalue weighted by Gasteiger charge is 2.16. The molecule has 1 atom stereocenters. The van der Waals surface area contributed by atoms with Crippen LogP contribution in [0.15, 0.2) is 9.98 Å². The second kappa shape index (κ2) is 9.73. The van der Waals surface area contributed by atoms with Crippen molar-refractivity contribution in [2.75, 3.05) is 13.7 Å². The quantitative estimate of drug-likeness (QED) is 0.196. The maximum atomic E-state index is 11.1. The first-order valence-electron chi connectivity index (χ1n) is 4.84. The summed E-state index contributed by atoms with van der Waals surface area (Å²) in [6, 6.07) is -0.780. The molecule has 0 aliphatic carbocycles. The van der Waals surface area contributed by atoms with Gasteiger partial charge in [-0.3, -0.25) is 9.79 Å². The third-order valence-corrected chi connectivity index (χ3v) is 1.86. The number of rotatable bonds is 8. The van der Waals surface area contributed by atoms with Gasteiger partial charge in [0.15, 0.2) is 12.3 Å². The van der Waals surface area contributed by atoms with E-state index in [1.54, 1.807) is 0 Å². The van der Waals surface area contributed by atoms with Gasteiger partial charge in [0.1, 0.15) is 0 Å². The Morgan fingerprint density at radius 2 is 2.25 bits per heavy atom. The number of hydrogen-bond acceptors (Lipinski definition) is 6. The summed E-state index contributed by atoms with van der Waals surface area (Å²) in [5.41, 5.74) is 0. The molecule has 0 aromatic rings. The fourth-order valence-corrected chi connectivity index (χ4v) is 1.09. The zero-order valence-electron chi connectivity index (χ0n) is 9.09. The number of methoxy groups -OCH3 is 1. The number of aldehydes is 1. The van der Waals surface area contributed by atoms with E-state index < -0.39 is 12.0 Å². The first-order valence-corrected chi connectivity index (χ1v) is 4.84. The second-order valence-electron chi connectivity index (χ2n) is 2.95. The molecule has 0 aromatic heterocycles. The number of ether oxygens (including phenoxy) is 1. The predicted octanol–water partition coefficient (Wildman–Crippen LogP) is 0.304. The normalized spacial score (nSPS) is 11.8. The van der Waals surface area contributed by atoms with Gasteiger partial charge >= 0.3 is 5.97 Å². The van der Waals surface area contributed by atoms with Gasteiger partial charge in [0, 0.05) is 6.54 Å². The summed E-state index contributed by atoms with van der Waals surface area (Å²) in [4.78, 5) is 38.2. The van der Waals surface area contributed by atoms with E-state index >= 15 is 0 Å². The SMILES string of the molecule is COC(=O)[C@H](CCCCN=CC=O)N=C=O. The van der Waals surface area contributed by atoms with Crippen molar-refractivity contribution in [1.82, 2.24) is 0 Å². The Balaban J connectivity index is 3.85. The first kappa shape index (κ1) is 14.2. The molecule has 0 spiro atoms. The van der Waals surface area contributed by atoms with Crippen LogP contribution in [0.2, 0.25) is 0 Å². The fraction of sp³-hybridized carbons (Fsp3) is 0.600. The van der Waals surface area contributed by atoms with Gasteiger partial charge in [-0.2, -0.15) is 4.99 Å². The lowest BCUT2D eigenvalue weighted by molar-refractivity contribution is -0.142. The van der Waals surface area contributed by atoms with E-state index in [9.17, 15) is 14.4 Å². The number of carbonyl (C=O) groups excluding carboxylic acids is 3. The summed E-state index contributed by atoms with van der Waals surface area (Å²) >= 11 is 0. The van der Waals surface area contributed by atoms with Gasteiger partial charge in [-0.1, -0.05) is 0 Å². The smallest absolute Gasteiger partial charge is 0.331 e. The van der Waals surface area contributed by atoms with E-state index in [0.29, 0.717) is 32.1 Å². The number of hydrogen-bond donors (Lipinski definition) is 0. The molecule has 0 saturated carbocycles. The molecule has 0 fully saturated rings. The molecule has 6 heteroatoms. The summed E-state index contributed by atoms with van der Waals surface area (Å²) in [6.07, 6.45) is 4.93. The van der Waals surface area contributed by atoms with E-state index in [-0.39, 0.29) is 0 Å². The molecule has 0 saturated heterocycles. The van der Waals surface area contributed by atoms with Crippen LogP contribution in [0.25, 0.3) is 0 Å². The monoisotopic (exact) mass is 226 g/mol. The summed E-state index contributed by atoms with van der Waals surface area (Å²) < 4.78 is 4.47. The fourth-order valence-electron chi connectivity index (χ4n) is 1.09.